The molecule has 3 nitrogen and oxygen atoms in total. The Hall–Kier alpha value is -0.640. The van der Waals surface area contributed by atoms with Crippen LogP contribution < -0.4 is 5.32 Å². The molecule has 2 heterocycles. The standard InChI is InChI=1S/C27H41NO2/c1-14-9-24-26(28-13-14)16(3)25-15(2)20-11-22-19(21(20)12-23(25)30-24)6-5-17-10-18(29)7-8-27(17,22)4/h5,14,16,18-19,21-26,28-29H,6-13H2,1-4H3/t14-,16-,18-,19-,21-,22-,23-,24+,25+,26-,27-/m1/s1. The number of ether oxygens (including phenoxy) is 1. The van der Waals surface area contributed by atoms with Crippen LogP contribution in [0.2, 0.25) is 0 Å². The number of nitrogens with one attached hydrogen (secondary N) is 1. The molecule has 6 rings (SSSR count). The van der Waals surface area contributed by atoms with Crippen LogP contribution >= 0.6 is 0 Å². The summed E-state index contributed by atoms with van der Waals surface area (Å²) < 4.78 is 6.89. The van der Waals surface area contributed by atoms with E-state index in [1.54, 1.807) is 11.1 Å². The van der Waals surface area contributed by atoms with Gasteiger partial charge in [0.1, 0.15) is 0 Å². The van der Waals surface area contributed by atoms with Crippen molar-refractivity contribution in [3.8, 4) is 0 Å². The second kappa shape index (κ2) is 6.93. The van der Waals surface area contributed by atoms with Crippen LogP contribution in [0.25, 0.3) is 0 Å². The predicted octanol–water partition coefficient (Wildman–Crippen LogP) is 4.86. The topological polar surface area (TPSA) is 41.5 Å². The van der Waals surface area contributed by atoms with Gasteiger partial charge in [0.25, 0.3) is 0 Å². The Labute approximate surface area is 182 Å². The van der Waals surface area contributed by atoms with Crippen molar-refractivity contribution in [3.63, 3.8) is 0 Å². The van der Waals surface area contributed by atoms with Crippen molar-refractivity contribution in [2.45, 2.75) is 97.0 Å². The molecule has 3 heteroatoms. The van der Waals surface area contributed by atoms with Gasteiger partial charge in [0.15, 0.2) is 0 Å². The summed E-state index contributed by atoms with van der Waals surface area (Å²) in [6, 6.07) is 0.531. The fourth-order valence-corrected chi connectivity index (χ4v) is 9.08. The lowest BCUT2D eigenvalue weighted by Gasteiger charge is -2.53. The van der Waals surface area contributed by atoms with Crippen LogP contribution in [0.3, 0.4) is 0 Å². The monoisotopic (exact) mass is 411 g/mol. The van der Waals surface area contributed by atoms with Gasteiger partial charge in [-0.05, 0) is 93.4 Å². The smallest absolute Gasteiger partial charge is 0.0737 e. The molecule has 0 unspecified atom stereocenters. The Kier molecular flexibility index (Phi) is 4.62. The van der Waals surface area contributed by atoms with Gasteiger partial charge in [-0.1, -0.05) is 43.6 Å². The van der Waals surface area contributed by atoms with Gasteiger partial charge in [0.2, 0.25) is 0 Å². The summed E-state index contributed by atoms with van der Waals surface area (Å²) in [7, 11) is 0. The first kappa shape index (κ1) is 20.0. The average Bonchev–Trinajstić information content (AvgIpc) is 3.09. The lowest BCUT2D eigenvalue weighted by Crippen LogP contribution is -2.61. The van der Waals surface area contributed by atoms with E-state index in [0.717, 1.165) is 43.1 Å². The van der Waals surface area contributed by atoms with E-state index in [-0.39, 0.29) is 6.10 Å². The second-order valence-corrected chi connectivity index (χ2v) is 12.2. The Bertz CT molecular complexity index is 786. The highest BCUT2D eigenvalue weighted by Gasteiger charge is 2.57. The maximum Gasteiger partial charge on any atom is 0.0737 e. The molecule has 166 valence electrons. The lowest BCUT2D eigenvalue weighted by molar-refractivity contribution is -0.143. The van der Waals surface area contributed by atoms with Gasteiger partial charge in [-0.3, -0.25) is 0 Å². The number of fused-ring (bicyclic) bond motifs is 7. The molecule has 0 amide bonds. The largest absolute Gasteiger partial charge is 0.393 e. The summed E-state index contributed by atoms with van der Waals surface area (Å²) in [4.78, 5) is 0. The molecule has 6 aliphatic rings. The van der Waals surface area contributed by atoms with Gasteiger partial charge in [0, 0.05) is 12.0 Å². The number of hydrogen-bond acceptors (Lipinski definition) is 3. The minimum Gasteiger partial charge on any atom is -0.393 e. The molecule has 2 aliphatic heterocycles. The fraction of sp³-hybridized carbons (Fsp3) is 0.852. The number of hydrogen-bond donors (Lipinski definition) is 2. The fourth-order valence-electron chi connectivity index (χ4n) is 9.08. The molecular weight excluding hydrogens is 370 g/mol. The van der Waals surface area contributed by atoms with Crippen LogP contribution in [0.1, 0.15) is 72.6 Å². The van der Waals surface area contributed by atoms with E-state index in [0.29, 0.717) is 35.5 Å². The summed E-state index contributed by atoms with van der Waals surface area (Å²) in [5, 5.41) is 14.1. The maximum atomic E-state index is 10.3. The SMILES string of the molecule is CC1=C2C[C@@H]3[C@H](CC=C4C[C@H](O)CC[C@]43C)[C@H]2C[C@H]2O[C@H]3C[C@@H](C)CN[C@@H]3[C@H](C)[C@H]12. The molecule has 0 aromatic rings. The van der Waals surface area contributed by atoms with Crippen molar-refractivity contribution in [3.05, 3.63) is 22.8 Å². The van der Waals surface area contributed by atoms with Crippen molar-refractivity contribution < 1.29 is 9.84 Å². The molecule has 4 aliphatic carbocycles. The normalized spacial score (nSPS) is 55.0. The molecule has 11 atom stereocenters. The van der Waals surface area contributed by atoms with E-state index in [2.05, 4.69) is 39.1 Å². The predicted molar refractivity (Wildman–Crippen MR) is 120 cm³/mol. The van der Waals surface area contributed by atoms with E-state index >= 15 is 0 Å². The highest BCUT2D eigenvalue weighted by molar-refractivity contribution is 5.35. The lowest BCUT2D eigenvalue weighted by atomic mass is 9.56. The Morgan fingerprint density at radius 3 is 2.83 bits per heavy atom. The Morgan fingerprint density at radius 2 is 2.00 bits per heavy atom. The quantitative estimate of drug-likeness (QED) is 0.560. The average molecular weight is 412 g/mol. The van der Waals surface area contributed by atoms with E-state index < -0.39 is 0 Å². The first-order valence-electron chi connectivity index (χ1n) is 12.8. The molecule has 0 bridgehead atoms. The maximum absolute atomic E-state index is 10.3. The van der Waals surface area contributed by atoms with Gasteiger partial charge in [-0.25, -0.2) is 0 Å². The van der Waals surface area contributed by atoms with Gasteiger partial charge >= 0.3 is 0 Å². The number of allylic oxidation sites excluding steroid dienone is 2. The van der Waals surface area contributed by atoms with Gasteiger partial charge < -0.3 is 15.2 Å². The number of rotatable bonds is 0. The molecule has 2 saturated carbocycles. The molecule has 0 aromatic carbocycles. The molecule has 4 fully saturated rings. The summed E-state index contributed by atoms with van der Waals surface area (Å²) in [5.74, 6) is 4.30. The Balaban J connectivity index is 1.32. The van der Waals surface area contributed by atoms with Crippen LogP contribution in [0.5, 0.6) is 0 Å². The molecule has 0 aromatic heterocycles. The minimum absolute atomic E-state index is 0.110. The van der Waals surface area contributed by atoms with E-state index in [4.69, 9.17) is 4.74 Å². The van der Waals surface area contributed by atoms with Crippen LogP contribution in [-0.4, -0.2) is 36.0 Å². The highest BCUT2D eigenvalue weighted by Crippen LogP contribution is 2.64. The molecule has 0 spiro atoms. The van der Waals surface area contributed by atoms with Crippen molar-refractivity contribution in [2.75, 3.05) is 6.54 Å². The third kappa shape index (κ3) is 2.74. The van der Waals surface area contributed by atoms with Gasteiger partial charge in [0.05, 0.1) is 18.3 Å². The summed E-state index contributed by atoms with van der Waals surface area (Å²) in [5.41, 5.74) is 5.39. The summed E-state index contributed by atoms with van der Waals surface area (Å²) >= 11 is 0. The van der Waals surface area contributed by atoms with Crippen molar-refractivity contribution in [1.82, 2.24) is 5.32 Å². The van der Waals surface area contributed by atoms with Crippen molar-refractivity contribution in [2.24, 2.45) is 40.9 Å². The number of piperidine rings is 1. The first-order chi connectivity index (χ1) is 14.4. The number of aliphatic hydroxyl groups excluding tert-OH is 1. The highest BCUT2D eigenvalue weighted by atomic mass is 16.5. The summed E-state index contributed by atoms with van der Waals surface area (Å²) in [6.45, 7) is 11.0. The van der Waals surface area contributed by atoms with E-state index in [1.807, 2.05) is 5.57 Å². The molecule has 30 heavy (non-hydrogen) atoms. The molecule has 2 N–H and O–H groups in total. The van der Waals surface area contributed by atoms with Crippen molar-refractivity contribution in [1.29, 1.82) is 0 Å². The third-order valence-corrected chi connectivity index (χ3v) is 10.7. The molecule has 0 radical (unpaired) electrons. The first-order valence-corrected chi connectivity index (χ1v) is 12.8. The Morgan fingerprint density at radius 1 is 1.17 bits per heavy atom. The van der Waals surface area contributed by atoms with Crippen LogP contribution in [-0.2, 0) is 4.74 Å². The van der Waals surface area contributed by atoms with E-state index in [9.17, 15) is 5.11 Å². The number of aliphatic hydroxyl groups is 1. The minimum atomic E-state index is -0.110. The van der Waals surface area contributed by atoms with Crippen LogP contribution in [0.4, 0.5) is 0 Å². The van der Waals surface area contributed by atoms with Crippen LogP contribution in [0, 0.1) is 40.9 Å². The van der Waals surface area contributed by atoms with Crippen LogP contribution in [0.15, 0.2) is 22.8 Å². The zero-order valence-corrected chi connectivity index (χ0v) is 19.4. The van der Waals surface area contributed by atoms with Gasteiger partial charge in [-0.15, -0.1) is 0 Å². The molecule has 2 saturated heterocycles. The zero-order chi connectivity index (χ0) is 20.8. The third-order valence-electron chi connectivity index (χ3n) is 10.7. The molecular formula is C27H41NO2. The zero-order valence-electron chi connectivity index (χ0n) is 19.4. The van der Waals surface area contributed by atoms with Crippen molar-refractivity contribution >= 4 is 0 Å². The summed E-state index contributed by atoms with van der Waals surface area (Å²) in [6.07, 6.45) is 11.3. The van der Waals surface area contributed by atoms with E-state index in [1.165, 1.54) is 32.1 Å². The van der Waals surface area contributed by atoms with Gasteiger partial charge in [-0.2, -0.15) is 0 Å². The second-order valence-electron chi connectivity index (χ2n) is 12.2.